The van der Waals surface area contributed by atoms with Gasteiger partial charge < -0.3 is 9.30 Å². The Bertz CT molecular complexity index is 572. The van der Waals surface area contributed by atoms with Crippen molar-refractivity contribution in [2.75, 3.05) is 7.11 Å². The van der Waals surface area contributed by atoms with Crippen molar-refractivity contribution in [2.45, 2.75) is 19.9 Å². The number of esters is 1. The van der Waals surface area contributed by atoms with Crippen LogP contribution in [0.5, 0.6) is 0 Å². The fourth-order valence-electron chi connectivity index (χ4n) is 1.96. The lowest BCUT2D eigenvalue weighted by molar-refractivity contribution is 0.0603. The van der Waals surface area contributed by atoms with Gasteiger partial charge in [0.25, 0.3) is 0 Å². The molecule has 0 aliphatic carbocycles. The molecule has 0 saturated carbocycles. The summed E-state index contributed by atoms with van der Waals surface area (Å²) in [5, 5.41) is 0.925. The quantitative estimate of drug-likeness (QED) is 0.790. The number of benzene rings is 1. The van der Waals surface area contributed by atoms with Gasteiger partial charge in [-0.05, 0) is 32.0 Å². The smallest absolute Gasteiger partial charge is 0.338 e. The lowest BCUT2D eigenvalue weighted by Gasteiger charge is -2.10. The summed E-state index contributed by atoms with van der Waals surface area (Å²) in [6, 6.07) is 6.11. The molecule has 90 valence electrons. The van der Waals surface area contributed by atoms with Gasteiger partial charge in [-0.2, -0.15) is 0 Å². The van der Waals surface area contributed by atoms with Crippen molar-refractivity contribution < 1.29 is 9.53 Å². The predicted molar refractivity (Wildman–Crippen MR) is 71.4 cm³/mol. The third-order valence-corrected chi connectivity index (χ3v) is 3.22. The second kappa shape index (κ2) is 4.53. The molecule has 4 heteroatoms. The number of fused-ring (bicyclic) bond motifs is 1. The molecule has 0 fully saturated rings. The molecule has 0 atom stereocenters. The van der Waals surface area contributed by atoms with Crippen LogP contribution in [0.3, 0.4) is 0 Å². The van der Waals surface area contributed by atoms with Crippen molar-refractivity contribution >= 4 is 32.8 Å². The number of hydrogen-bond acceptors (Lipinski definition) is 2. The van der Waals surface area contributed by atoms with E-state index < -0.39 is 0 Å². The average molecular weight is 296 g/mol. The summed E-state index contributed by atoms with van der Waals surface area (Å²) in [5.41, 5.74) is 1.63. The Morgan fingerprint density at radius 2 is 2.12 bits per heavy atom. The summed E-state index contributed by atoms with van der Waals surface area (Å²) in [6.07, 6.45) is 1.99. The van der Waals surface area contributed by atoms with Crippen molar-refractivity contribution in [3.63, 3.8) is 0 Å². The third kappa shape index (κ3) is 2.09. The van der Waals surface area contributed by atoms with Crippen molar-refractivity contribution in [3.05, 3.63) is 34.4 Å². The minimum Gasteiger partial charge on any atom is -0.465 e. The van der Waals surface area contributed by atoms with Crippen LogP contribution in [0.25, 0.3) is 10.9 Å². The van der Waals surface area contributed by atoms with Gasteiger partial charge in [0.15, 0.2) is 0 Å². The number of halogens is 1. The molecule has 0 aliphatic heterocycles. The van der Waals surface area contributed by atoms with Crippen LogP contribution in [0.4, 0.5) is 0 Å². The zero-order valence-electron chi connectivity index (χ0n) is 10.0. The molecule has 0 unspecified atom stereocenters. The van der Waals surface area contributed by atoms with Gasteiger partial charge in [-0.25, -0.2) is 4.79 Å². The Morgan fingerprint density at radius 1 is 1.41 bits per heavy atom. The molecule has 0 bridgehead atoms. The fraction of sp³-hybridized carbons (Fsp3) is 0.308. The molecule has 0 amide bonds. The first kappa shape index (κ1) is 12.2. The first-order valence-corrected chi connectivity index (χ1v) is 6.22. The number of carbonyl (C=O) groups is 1. The maximum Gasteiger partial charge on any atom is 0.338 e. The van der Waals surface area contributed by atoms with Gasteiger partial charge in [0, 0.05) is 22.1 Å². The van der Waals surface area contributed by atoms with Crippen LogP contribution in [0.2, 0.25) is 0 Å². The van der Waals surface area contributed by atoms with Crippen LogP contribution in [-0.2, 0) is 4.74 Å². The Morgan fingerprint density at radius 3 is 2.71 bits per heavy atom. The number of hydrogen-bond donors (Lipinski definition) is 0. The highest BCUT2D eigenvalue weighted by Crippen LogP contribution is 2.28. The van der Waals surface area contributed by atoms with Crippen molar-refractivity contribution in [1.82, 2.24) is 4.57 Å². The first-order valence-electron chi connectivity index (χ1n) is 5.43. The third-order valence-electron chi connectivity index (χ3n) is 2.76. The highest BCUT2D eigenvalue weighted by molar-refractivity contribution is 9.10. The van der Waals surface area contributed by atoms with Gasteiger partial charge in [-0.3, -0.25) is 0 Å². The molecule has 0 saturated heterocycles. The van der Waals surface area contributed by atoms with Crippen LogP contribution in [-0.4, -0.2) is 17.6 Å². The van der Waals surface area contributed by atoms with E-state index in [-0.39, 0.29) is 5.97 Å². The van der Waals surface area contributed by atoms with E-state index in [0.717, 1.165) is 15.4 Å². The van der Waals surface area contributed by atoms with E-state index in [1.807, 2.05) is 18.3 Å². The minimum absolute atomic E-state index is 0.308. The molecule has 2 aromatic rings. The van der Waals surface area contributed by atoms with Gasteiger partial charge in [0.2, 0.25) is 0 Å². The van der Waals surface area contributed by atoms with E-state index >= 15 is 0 Å². The second-order valence-electron chi connectivity index (χ2n) is 4.19. The summed E-state index contributed by atoms with van der Waals surface area (Å²) in [4.78, 5) is 11.7. The Hall–Kier alpha value is -1.29. The van der Waals surface area contributed by atoms with Crippen LogP contribution in [0.15, 0.2) is 28.9 Å². The second-order valence-corrected chi connectivity index (χ2v) is 5.11. The number of nitrogens with zero attached hydrogens (tertiary/aromatic N) is 1. The molecular formula is C13H14BrNO2. The maximum absolute atomic E-state index is 11.7. The maximum atomic E-state index is 11.7. The Balaban J connectivity index is 2.74. The number of aromatic nitrogens is 1. The average Bonchev–Trinajstić information content (AvgIpc) is 2.70. The zero-order chi connectivity index (χ0) is 12.6. The SMILES string of the molecule is COC(=O)c1cc(Br)cc2c1ccn2C(C)C. The highest BCUT2D eigenvalue weighted by Gasteiger charge is 2.14. The van der Waals surface area contributed by atoms with Gasteiger partial charge >= 0.3 is 5.97 Å². The van der Waals surface area contributed by atoms with Gasteiger partial charge in [-0.15, -0.1) is 0 Å². The Labute approximate surface area is 108 Å². The summed E-state index contributed by atoms with van der Waals surface area (Å²) >= 11 is 3.43. The molecule has 0 radical (unpaired) electrons. The molecule has 17 heavy (non-hydrogen) atoms. The molecule has 0 aliphatic rings. The summed E-state index contributed by atoms with van der Waals surface area (Å²) < 4.78 is 7.81. The van der Waals surface area contributed by atoms with Crippen molar-refractivity contribution in [2.24, 2.45) is 0 Å². The molecule has 0 spiro atoms. The molecular weight excluding hydrogens is 282 g/mol. The van der Waals surface area contributed by atoms with Crippen molar-refractivity contribution in [1.29, 1.82) is 0 Å². The summed E-state index contributed by atoms with van der Waals surface area (Å²) in [7, 11) is 1.40. The molecule has 0 N–H and O–H groups in total. The van der Waals surface area contributed by atoms with Gasteiger partial charge in [0.05, 0.1) is 18.2 Å². The van der Waals surface area contributed by atoms with E-state index in [9.17, 15) is 4.79 Å². The monoisotopic (exact) mass is 295 g/mol. The van der Waals surface area contributed by atoms with Crippen LogP contribution in [0, 0.1) is 0 Å². The van der Waals surface area contributed by atoms with E-state index in [1.54, 1.807) is 6.07 Å². The van der Waals surface area contributed by atoms with Gasteiger partial charge in [-0.1, -0.05) is 15.9 Å². The minimum atomic E-state index is -0.308. The van der Waals surface area contributed by atoms with E-state index in [1.165, 1.54) is 7.11 Å². The van der Waals surface area contributed by atoms with E-state index in [4.69, 9.17) is 4.74 Å². The van der Waals surface area contributed by atoms with Crippen LogP contribution in [0.1, 0.15) is 30.2 Å². The lowest BCUT2D eigenvalue weighted by Crippen LogP contribution is -2.03. The molecule has 1 aromatic carbocycles. The number of carbonyl (C=O) groups excluding carboxylic acids is 1. The number of methoxy groups -OCH3 is 1. The van der Waals surface area contributed by atoms with E-state index in [2.05, 4.69) is 34.3 Å². The number of ether oxygens (including phenoxy) is 1. The molecule has 2 rings (SSSR count). The fourth-order valence-corrected chi connectivity index (χ4v) is 2.40. The first-order chi connectivity index (χ1) is 8.04. The van der Waals surface area contributed by atoms with E-state index in [0.29, 0.717) is 11.6 Å². The normalized spacial score (nSPS) is 11.1. The molecule has 1 heterocycles. The van der Waals surface area contributed by atoms with Crippen LogP contribution >= 0.6 is 15.9 Å². The summed E-state index contributed by atoms with van der Waals surface area (Å²) in [6.45, 7) is 4.22. The predicted octanol–water partition coefficient (Wildman–Crippen LogP) is 3.77. The van der Waals surface area contributed by atoms with Crippen LogP contribution < -0.4 is 0 Å². The highest BCUT2D eigenvalue weighted by atomic mass is 79.9. The number of rotatable bonds is 2. The summed E-state index contributed by atoms with van der Waals surface area (Å²) in [5.74, 6) is -0.308. The Kier molecular flexibility index (Phi) is 3.24. The standard InChI is InChI=1S/C13H14BrNO2/c1-8(2)15-5-4-10-11(13(16)17-3)6-9(14)7-12(10)15/h4-8H,1-3H3. The lowest BCUT2D eigenvalue weighted by atomic mass is 10.1. The zero-order valence-corrected chi connectivity index (χ0v) is 11.6. The molecule has 1 aromatic heterocycles. The van der Waals surface area contributed by atoms with Gasteiger partial charge in [0.1, 0.15) is 0 Å². The van der Waals surface area contributed by atoms with Crippen molar-refractivity contribution in [3.8, 4) is 0 Å². The topological polar surface area (TPSA) is 31.2 Å². The largest absolute Gasteiger partial charge is 0.465 e. The molecule has 3 nitrogen and oxygen atoms in total.